The maximum Gasteiger partial charge on any atom is 0.234 e. The molecule has 0 bridgehead atoms. The highest BCUT2D eigenvalue weighted by Crippen LogP contribution is 2.23. The van der Waals surface area contributed by atoms with Gasteiger partial charge in [-0.3, -0.25) is 9.69 Å². The van der Waals surface area contributed by atoms with E-state index in [1.54, 1.807) is 13.2 Å². The van der Waals surface area contributed by atoms with Gasteiger partial charge in [0.15, 0.2) is 5.96 Å². The van der Waals surface area contributed by atoms with Crippen LogP contribution >= 0.6 is 35.6 Å². The first-order valence-electron chi connectivity index (χ1n) is 10.4. The van der Waals surface area contributed by atoms with Crippen LogP contribution in [0.1, 0.15) is 38.7 Å². The summed E-state index contributed by atoms with van der Waals surface area (Å²) in [4.78, 5) is 18.8. The minimum Gasteiger partial charge on any atom is -0.496 e. The molecule has 30 heavy (non-hydrogen) atoms. The monoisotopic (exact) mass is 551 g/mol. The zero-order valence-electron chi connectivity index (χ0n) is 18.2. The Kier molecular flexibility index (Phi) is 13.1. The van der Waals surface area contributed by atoms with Crippen molar-refractivity contribution in [2.45, 2.75) is 45.7 Å². The van der Waals surface area contributed by atoms with Crippen LogP contribution in [-0.2, 0) is 11.3 Å². The molecule has 0 atom stereocenters. The third kappa shape index (κ3) is 9.26. The smallest absolute Gasteiger partial charge is 0.234 e. The molecule has 1 aromatic rings. The predicted molar refractivity (Wildman–Crippen MR) is 134 cm³/mol. The van der Waals surface area contributed by atoms with Gasteiger partial charge in [0.25, 0.3) is 0 Å². The van der Waals surface area contributed by atoms with Gasteiger partial charge in [-0.25, -0.2) is 4.99 Å². The number of rotatable bonds is 9. The highest BCUT2D eigenvalue weighted by atomic mass is 127. The zero-order chi connectivity index (χ0) is 21.1. The van der Waals surface area contributed by atoms with Gasteiger partial charge in [-0.2, -0.15) is 0 Å². The molecular formula is C21H35ClIN5O2. The van der Waals surface area contributed by atoms with E-state index >= 15 is 0 Å². The Morgan fingerprint density at radius 1 is 1.27 bits per heavy atom. The molecule has 0 spiro atoms. The van der Waals surface area contributed by atoms with Crippen LogP contribution in [0.5, 0.6) is 5.75 Å². The SMILES string of the molecule is CCCNC(=O)CN1CCC(NC(=NCc2ccc(Cl)cc2OC)NCC)CC1.I. The molecular weight excluding hydrogens is 517 g/mol. The molecule has 1 heterocycles. The molecule has 1 aliphatic rings. The van der Waals surface area contributed by atoms with Gasteiger partial charge in [0.1, 0.15) is 5.75 Å². The van der Waals surface area contributed by atoms with E-state index in [2.05, 4.69) is 34.7 Å². The number of nitrogens with zero attached hydrogens (tertiary/aromatic N) is 2. The molecule has 170 valence electrons. The van der Waals surface area contributed by atoms with Crippen LogP contribution in [-0.4, -0.2) is 62.6 Å². The largest absolute Gasteiger partial charge is 0.496 e. The molecule has 3 N–H and O–H groups in total. The maximum absolute atomic E-state index is 11.9. The fraction of sp³-hybridized carbons (Fsp3) is 0.619. The number of piperidine rings is 1. The van der Waals surface area contributed by atoms with Gasteiger partial charge < -0.3 is 20.7 Å². The second kappa shape index (κ2) is 14.7. The number of methoxy groups -OCH3 is 1. The minimum atomic E-state index is 0. The lowest BCUT2D eigenvalue weighted by Gasteiger charge is -2.32. The Hall–Kier alpha value is -1.26. The average molecular weight is 552 g/mol. The van der Waals surface area contributed by atoms with E-state index < -0.39 is 0 Å². The first-order chi connectivity index (χ1) is 14.0. The van der Waals surface area contributed by atoms with Gasteiger partial charge in [-0.05, 0) is 38.3 Å². The van der Waals surface area contributed by atoms with Gasteiger partial charge in [0.05, 0.1) is 20.2 Å². The van der Waals surface area contributed by atoms with Crippen molar-refractivity contribution < 1.29 is 9.53 Å². The summed E-state index contributed by atoms with van der Waals surface area (Å²) in [6.45, 7) is 8.45. The van der Waals surface area contributed by atoms with Crippen molar-refractivity contribution in [1.82, 2.24) is 20.9 Å². The van der Waals surface area contributed by atoms with Gasteiger partial charge in [-0.1, -0.05) is 24.6 Å². The maximum atomic E-state index is 11.9. The summed E-state index contributed by atoms with van der Waals surface area (Å²) in [5.74, 6) is 1.65. The van der Waals surface area contributed by atoms with Crippen molar-refractivity contribution in [2.24, 2.45) is 4.99 Å². The summed E-state index contributed by atoms with van der Waals surface area (Å²) in [6, 6.07) is 5.94. The molecule has 0 radical (unpaired) electrons. The topological polar surface area (TPSA) is 78.0 Å². The fourth-order valence-corrected chi connectivity index (χ4v) is 3.45. The fourth-order valence-electron chi connectivity index (χ4n) is 3.29. The van der Waals surface area contributed by atoms with Crippen LogP contribution in [0.2, 0.25) is 5.02 Å². The molecule has 0 saturated carbocycles. The summed E-state index contributed by atoms with van der Waals surface area (Å²) in [5.41, 5.74) is 0.988. The summed E-state index contributed by atoms with van der Waals surface area (Å²) >= 11 is 6.04. The van der Waals surface area contributed by atoms with Crippen molar-refractivity contribution in [2.75, 3.05) is 39.8 Å². The van der Waals surface area contributed by atoms with E-state index in [1.807, 2.05) is 12.1 Å². The zero-order valence-corrected chi connectivity index (χ0v) is 21.3. The molecule has 1 saturated heterocycles. The molecule has 0 aromatic heterocycles. The third-order valence-corrected chi connectivity index (χ3v) is 5.10. The first kappa shape index (κ1) is 26.8. The normalized spacial score (nSPS) is 15.3. The molecule has 9 heteroatoms. The van der Waals surface area contributed by atoms with E-state index in [4.69, 9.17) is 21.3 Å². The number of benzene rings is 1. The van der Waals surface area contributed by atoms with Crippen molar-refractivity contribution >= 4 is 47.4 Å². The van der Waals surface area contributed by atoms with Gasteiger partial charge in [-0.15, -0.1) is 24.0 Å². The number of halogens is 2. The number of aliphatic imine (C=N–C) groups is 1. The number of likely N-dealkylation sites (tertiary alicyclic amines) is 1. The lowest BCUT2D eigenvalue weighted by Crippen LogP contribution is -2.50. The summed E-state index contributed by atoms with van der Waals surface area (Å²) in [6.07, 6.45) is 2.93. The first-order valence-corrected chi connectivity index (χ1v) is 10.8. The van der Waals surface area contributed by atoms with Crippen molar-refractivity contribution in [3.63, 3.8) is 0 Å². The molecule has 0 aliphatic carbocycles. The van der Waals surface area contributed by atoms with Crippen LogP contribution in [0.15, 0.2) is 23.2 Å². The van der Waals surface area contributed by atoms with Crippen LogP contribution in [0, 0.1) is 0 Å². The summed E-state index contributed by atoms with van der Waals surface area (Å²) < 4.78 is 5.40. The Morgan fingerprint density at radius 2 is 2.00 bits per heavy atom. The Bertz CT molecular complexity index is 681. The number of ether oxygens (including phenoxy) is 1. The number of nitrogens with one attached hydrogen (secondary N) is 3. The van der Waals surface area contributed by atoms with Crippen molar-refractivity contribution in [3.05, 3.63) is 28.8 Å². The van der Waals surface area contributed by atoms with Crippen LogP contribution in [0.4, 0.5) is 0 Å². The van der Waals surface area contributed by atoms with Crippen molar-refractivity contribution in [3.8, 4) is 5.75 Å². The van der Waals surface area contributed by atoms with Crippen LogP contribution < -0.4 is 20.7 Å². The number of carbonyl (C=O) groups is 1. The number of amides is 1. The summed E-state index contributed by atoms with van der Waals surface area (Å²) in [5, 5.41) is 10.4. The second-order valence-electron chi connectivity index (χ2n) is 7.20. The summed E-state index contributed by atoms with van der Waals surface area (Å²) in [7, 11) is 1.64. The third-order valence-electron chi connectivity index (χ3n) is 4.87. The predicted octanol–water partition coefficient (Wildman–Crippen LogP) is 3.01. The molecule has 1 amide bonds. The van der Waals surface area contributed by atoms with Crippen molar-refractivity contribution in [1.29, 1.82) is 0 Å². The van der Waals surface area contributed by atoms with Gasteiger partial charge in [0, 0.05) is 42.8 Å². The molecule has 0 unspecified atom stereocenters. The number of hydrogen-bond donors (Lipinski definition) is 3. The van der Waals surface area contributed by atoms with E-state index in [-0.39, 0.29) is 29.9 Å². The van der Waals surface area contributed by atoms with E-state index in [0.717, 1.165) is 62.7 Å². The van der Waals surface area contributed by atoms with E-state index in [9.17, 15) is 4.79 Å². The van der Waals surface area contributed by atoms with Gasteiger partial charge >= 0.3 is 0 Å². The van der Waals surface area contributed by atoms with Crippen LogP contribution in [0.3, 0.4) is 0 Å². The lowest BCUT2D eigenvalue weighted by molar-refractivity contribution is -0.122. The average Bonchev–Trinajstić information content (AvgIpc) is 2.72. The van der Waals surface area contributed by atoms with Gasteiger partial charge in [0.2, 0.25) is 5.91 Å². The number of hydrogen-bond acceptors (Lipinski definition) is 4. The van der Waals surface area contributed by atoms with E-state index in [1.165, 1.54) is 0 Å². The minimum absolute atomic E-state index is 0. The standard InChI is InChI=1S/C21H34ClN5O2.HI/c1-4-10-24-20(28)15-27-11-8-18(9-12-27)26-21(23-5-2)25-14-16-6-7-17(22)13-19(16)29-3;/h6-7,13,18H,4-5,8-12,14-15H2,1-3H3,(H,24,28)(H2,23,25,26);1H. The molecule has 1 aliphatic heterocycles. The van der Waals surface area contributed by atoms with E-state index in [0.29, 0.717) is 24.2 Å². The number of guanidine groups is 1. The highest BCUT2D eigenvalue weighted by Gasteiger charge is 2.21. The Balaban J connectivity index is 0.00000450. The highest BCUT2D eigenvalue weighted by molar-refractivity contribution is 14.0. The number of carbonyl (C=O) groups excluding carboxylic acids is 1. The second-order valence-corrected chi connectivity index (χ2v) is 7.63. The molecule has 1 fully saturated rings. The molecule has 1 aromatic carbocycles. The quantitative estimate of drug-likeness (QED) is 0.250. The Morgan fingerprint density at radius 3 is 2.63 bits per heavy atom. The lowest BCUT2D eigenvalue weighted by atomic mass is 10.1. The van der Waals surface area contributed by atoms with Crippen LogP contribution in [0.25, 0.3) is 0 Å². The Labute approximate surface area is 202 Å². The molecule has 7 nitrogen and oxygen atoms in total. The molecule has 2 rings (SSSR count).